The quantitative estimate of drug-likeness (QED) is 0.626. The molecule has 3 rings (SSSR count). The van der Waals surface area contributed by atoms with Crippen LogP contribution in [0.15, 0.2) is 18.2 Å². The van der Waals surface area contributed by atoms with Crippen LogP contribution >= 0.6 is 22.6 Å². The van der Waals surface area contributed by atoms with Gasteiger partial charge >= 0.3 is 0 Å². The van der Waals surface area contributed by atoms with Crippen LogP contribution in [0.3, 0.4) is 0 Å². The normalized spacial score (nSPS) is 18.8. The highest BCUT2D eigenvalue weighted by molar-refractivity contribution is 14.1. The van der Waals surface area contributed by atoms with Crippen molar-refractivity contribution in [3.05, 3.63) is 32.9 Å². The Bertz CT molecular complexity index is 508. The van der Waals surface area contributed by atoms with E-state index in [4.69, 9.17) is 0 Å². The van der Waals surface area contributed by atoms with Gasteiger partial charge in [0.25, 0.3) is 11.8 Å². The molecule has 1 aliphatic heterocycles. The second-order valence-corrected chi connectivity index (χ2v) is 5.93. The third-order valence-corrected chi connectivity index (χ3v) is 4.06. The number of carbonyl (C=O) groups excluding carboxylic acids is 2. The molecule has 1 aromatic rings. The van der Waals surface area contributed by atoms with E-state index in [1.165, 1.54) is 17.7 Å². The highest BCUT2D eigenvalue weighted by Crippen LogP contribution is 2.33. The standard InChI is InChI=1S/C13H12INO2/c14-9-3-4-10-11(7-9)13(17)15(12(10)16)6-5-8-1-2-8/h3-4,7-8H,1-2,5-6H2. The Balaban J connectivity index is 1.85. The number of hydrogen-bond donors (Lipinski definition) is 0. The van der Waals surface area contributed by atoms with Crippen LogP contribution in [0.25, 0.3) is 0 Å². The molecule has 1 aromatic carbocycles. The van der Waals surface area contributed by atoms with E-state index in [-0.39, 0.29) is 11.8 Å². The molecule has 2 aliphatic rings. The minimum absolute atomic E-state index is 0.121. The molecule has 4 heteroatoms. The number of imide groups is 1. The molecule has 0 radical (unpaired) electrons. The molecular formula is C13H12INO2. The van der Waals surface area contributed by atoms with Crippen LogP contribution in [0.5, 0.6) is 0 Å². The van der Waals surface area contributed by atoms with Gasteiger partial charge < -0.3 is 0 Å². The maximum Gasteiger partial charge on any atom is 0.261 e. The molecule has 1 saturated carbocycles. The predicted octanol–water partition coefficient (Wildman–Crippen LogP) is 2.69. The summed E-state index contributed by atoms with van der Waals surface area (Å²) in [5, 5.41) is 0. The first-order valence-electron chi connectivity index (χ1n) is 5.82. The van der Waals surface area contributed by atoms with Gasteiger partial charge in [0.05, 0.1) is 11.1 Å². The van der Waals surface area contributed by atoms with Crippen LogP contribution < -0.4 is 0 Å². The molecule has 1 aliphatic carbocycles. The van der Waals surface area contributed by atoms with Gasteiger partial charge in [-0.3, -0.25) is 14.5 Å². The van der Waals surface area contributed by atoms with Crippen molar-refractivity contribution in [1.29, 1.82) is 0 Å². The fraction of sp³-hybridized carbons (Fsp3) is 0.385. The van der Waals surface area contributed by atoms with Crippen LogP contribution in [0, 0.1) is 9.49 Å². The highest BCUT2D eigenvalue weighted by Gasteiger charge is 2.36. The van der Waals surface area contributed by atoms with Crippen molar-refractivity contribution in [2.75, 3.05) is 6.54 Å². The van der Waals surface area contributed by atoms with Crippen molar-refractivity contribution in [3.8, 4) is 0 Å². The molecule has 0 aromatic heterocycles. The summed E-state index contributed by atoms with van der Waals surface area (Å²) < 4.78 is 0.992. The molecule has 0 N–H and O–H groups in total. The van der Waals surface area contributed by atoms with E-state index < -0.39 is 0 Å². The van der Waals surface area contributed by atoms with E-state index in [1.54, 1.807) is 12.1 Å². The molecule has 88 valence electrons. The Morgan fingerprint density at radius 2 is 1.88 bits per heavy atom. The average molecular weight is 341 g/mol. The number of halogens is 1. The average Bonchev–Trinajstić information content (AvgIpc) is 3.09. The first-order valence-corrected chi connectivity index (χ1v) is 6.90. The van der Waals surface area contributed by atoms with E-state index in [2.05, 4.69) is 22.6 Å². The topological polar surface area (TPSA) is 37.4 Å². The van der Waals surface area contributed by atoms with Gasteiger partial charge in [0.2, 0.25) is 0 Å². The molecule has 0 spiro atoms. The van der Waals surface area contributed by atoms with Crippen LogP contribution in [0.2, 0.25) is 0 Å². The lowest BCUT2D eigenvalue weighted by Crippen LogP contribution is -2.30. The molecule has 0 atom stereocenters. The fourth-order valence-electron chi connectivity index (χ4n) is 2.18. The van der Waals surface area contributed by atoms with Crippen molar-refractivity contribution in [1.82, 2.24) is 4.90 Å². The second-order valence-electron chi connectivity index (χ2n) is 4.68. The van der Waals surface area contributed by atoms with Gasteiger partial charge in [-0.2, -0.15) is 0 Å². The van der Waals surface area contributed by atoms with Crippen molar-refractivity contribution >= 4 is 34.4 Å². The smallest absolute Gasteiger partial charge is 0.261 e. The van der Waals surface area contributed by atoms with Gasteiger partial charge in [0.1, 0.15) is 0 Å². The van der Waals surface area contributed by atoms with E-state index in [1.807, 2.05) is 6.07 Å². The lowest BCUT2D eigenvalue weighted by atomic mass is 10.1. The number of carbonyl (C=O) groups is 2. The minimum Gasteiger partial charge on any atom is -0.274 e. The van der Waals surface area contributed by atoms with Crippen molar-refractivity contribution < 1.29 is 9.59 Å². The van der Waals surface area contributed by atoms with Crippen molar-refractivity contribution in [3.63, 3.8) is 0 Å². The molecule has 2 amide bonds. The summed E-state index contributed by atoms with van der Waals surface area (Å²) >= 11 is 2.16. The minimum atomic E-state index is -0.123. The van der Waals surface area contributed by atoms with Gasteiger partial charge in [-0.05, 0) is 53.1 Å². The summed E-state index contributed by atoms with van der Waals surface area (Å²) in [4.78, 5) is 25.5. The zero-order valence-electron chi connectivity index (χ0n) is 9.28. The first kappa shape index (κ1) is 11.2. The zero-order chi connectivity index (χ0) is 12.0. The van der Waals surface area contributed by atoms with Crippen molar-refractivity contribution in [2.45, 2.75) is 19.3 Å². The van der Waals surface area contributed by atoms with Crippen LogP contribution in [0.1, 0.15) is 40.0 Å². The maximum atomic E-state index is 12.1. The number of rotatable bonds is 3. The summed E-state index contributed by atoms with van der Waals surface area (Å²) in [6, 6.07) is 5.43. The summed E-state index contributed by atoms with van der Waals surface area (Å²) in [6.45, 7) is 0.577. The SMILES string of the molecule is O=C1c2ccc(I)cc2C(=O)N1CCC1CC1. The summed E-state index contributed by atoms with van der Waals surface area (Å²) in [5.41, 5.74) is 1.13. The summed E-state index contributed by atoms with van der Waals surface area (Å²) in [5.74, 6) is 0.491. The third kappa shape index (κ3) is 1.99. The van der Waals surface area contributed by atoms with E-state index in [0.717, 1.165) is 15.9 Å². The van der Waals surface area contributed by atoms with Gasteiger partial charge in [-0.25, -0.2) is 0 Å². The Labute approximate surface area is 113 Å². The van der Waals surface area contributed by atoms with E-state index >= 15 is 0 Å². The molecular weight excluding hydrogens is 329 g/mol. The van der Waals surface area contributed by atoms with Gasteiger partial charge in [0, 0.05) is 10.1 Å². The number of amides is 2. The number of fused-ring (bicyclic) bond motifs is 1. The Morgan fingerprint density at radius 1 is 1.18 bits per heavy atom. The second kappa shape index (κ2) is 4.08. The third-order valence-electron chi connectivity index (χ3n) is 3.39. The van der Waals surface area contributed by atoms with Gasteiger partial charge in [-0.15, -0.1) is 0 Å². The Hall–Kier alpha value is -0.910. The molecule has 1 fully saturated rings. The fourth-order valence-corrected chi connectivity index (χ4v) is 2.68. The molecule has 0 bridgehead atoms. The highest BCUT2D eigenvalue weighted by atomic mass is 127. The predicted molar refractivity (Wildman–Crippen MR) is 71.9 cm³/mol. The van der Waals surface area contributed by atoms with E-state index in [0.29, 0.717) is 17.7 Å². The van der Waals surface area contributed by atoms with Gasteiger partial charge in [-0.1, -0.05) is 12.8 Å². The summed E-state index contributed by atoms with van der Waals surface area (Å²) in [7, 11) is 0. The van der Waals surface area contributed by atoms with Crippen LogP contribution in [-0.2, 0) is 0 Å². The lowest BCUT2D eigenvalue weighted by Gasteiger charge is -2.12. The molecule has 0 saturated heterocycles. The van der Waals surface area contributed by atoms with Crippen LogP contribution in [0.4, 0.5) is 0 Å². The lowest BCUT2D eigenvalue weighted by molar-refractivity contribution is 0.0650. The number of hydrogen-bond acceptors (Lipinski definition) is 2. The Morgan fingerprint density at radius 3 is 2.59 bits per heavy atom. The number of nitrogens with zero attached hydrogens (tertiary/aromatic N) is 1. The van der Waals surface area contributed by atoms with E-state index in [9.17, 15) is 9.59 Å². The van der Waals surface area contributed by atoms with Gasteiger partial charge in [0.15, 0.2) is 0 Å². The zero-order valence-corrected chi connectivity index (χ0v) is 11.4. The molecule has 17 heavy (non-hydrogen) atoms. The molecule has 3 nitrogen and oxygen atoms in total. The Kier molecular flexibility index (Phi) is 2.69. The largest absolute Gasteiger partial charge is 0.274 e. The molecule has 0 unspecified atom stereocenters. The monoisotopic (exact) mass is 341 g/mol. The first-order chi connectivity index (χ1) is 8.16. The summed E-state index contributed by atoms with van der Waals surface area (Å²) in [6.07, 6.45) is 3.46. The number of benzene rings is 1. The van der Waals surface area contributed by atoms with Crippen LogP contribution in [-0.4, -0.2) is 23.3 Å². The maximum absolute atomic E-state index is 12.1. The molecule has 1 heterocycles. The van der Waals surface area contributed by atoms with Crippen molar-refractivity contribution in [2.24, 2.45) is 5.92 Å².